The molecule has 146 valence electrons. The maximum absolute atomic E-state index is 12.7. The maximum atomic E-state index is 12.7. The summed E-state index contributed by atoms with van der Waals surface area (Å²) in [4.78, 5) is 12.7. The number of nitrogens with zero attached hydrogens (tertiary/aromatic N) is 1. The highest BCUT2D eigenvalue weighted by molar-refractivity contribution is 5.99. The number of hydrogen-bond acceptors (Lipinski definition) is 3. The number of hydrogen-bond donors (Lipinski definition) is 1. The molecule has 0 aliphatic rings. The molecule has 0 unspecified atom stereocenters. The molecule has 28 heavy (non-hydrogen) atoms. The second-order valence-corrected chi connectivity index (χ2v) is 7.16. The third kappa shape index (κ3) is 4.52. The molecule has 1 aromatic heterocycles. The third-order valence-corrected chi connectivity index (χ3v) is 5.03. The van der Waals surface area contributed by atoms with Crippen LogP contribution < -0.4 is 10.1 Å². The number of aryl methyl sites for hydroxylation is 2. The van der Waals surface area contributed by atoms with E-state index in [9.17, 15) is 4.79 Å². The number of carbonyl (C=O) groups is 1. The molecule has 0 spiro atoms. The van der Waals surface area contributed by atoms with E-state index in [-0.39, 0.29) is 5.78 Å². The number of benzene rings is 2. The fourth-order valence-corrected chi connectivity index (χ4v) is 3.49. The Kier molecular flexibility index (Phi) is 6.32. The summed E-state index contributed by atoms with van der Waals surface area (Å²) in [5.41, 5.74) is 6.35. The van der Waals surface area contributed by atoms with Crippen molar-refractivity contribution in [2.75, 3.05) is 20.2 Å². The minimum atomic E-state index is 0.122. The first-order valence-electron chi connectivity index (χ1n) is 9.62. The molecule has 0 atom stereocenters. The molecule has 0 aliphatic carbocycles. The first kappa shape index (κ1) is 19.9. The van der Waals surface area contributed by atoms with Gasteiger partial charge in [0, 0.05) is 22.6 Å². The van der Waals surface area contributed by atoms with Crippen LogP contribution in [0.4, 0.5) is 0 Å². The van der Waals surface area contributed by atoms with Gasteiger partial charge in [0.15, 0.2) is 5.78 Å². The average molecular weight is 377 g/mol. The second-order valence-electron chi connectivity index (χ2n) is 7.16. The molecule has 3 aromatic rings. The summed E-state index contributed by atoms with van der Waals surface area (Å²) in [6, 6.07) is 18.4. The molecule has 4 heteroatoms. The Morgan fingerprint density at radius 2 is 1.79 bits per heavy atom. The van der Waals surface area contributed by atoms with Crippen molar-refractivity contribution in [3.05, 3.63) is 82.7 Å². The summed E-state index contributed by atoms with van der Waals surface area (Å²) in [5, 5.41) is 3.27. The maximum Gasteiger partial charge on any atom is 0.178 e. The van der Waals surface area contributed by atoms with Crippen LogP contribution in [-0.2, 0) is 6.42 Å². The normalized spacial score (nSPS) is 10.9. The van der Waals surface area contributed by atoms with Crippen molar-refractivity contribution < 1.29 is 9.53 Å². The summed E-state index contributed by atoms with van der Waals surface area (Å²) < 4.78 is 7.39. The Morgan fingerprint density at radius 3 is 2.50 bits per heavy atom. The lowest BCUT2D eigenvalue weighted by atomic mass is 10.1. The standard InChI is InChI=1S/C24H28N2O2/c1-17-8-10-21(11-9-17)26-18(2)14-23(19(26)3)24(27)16-25-13-12-20-6-5-7-22(15-20)28-4/h5-11,14-15,25H,12-13,16H2,1-4H3. The fraction of sp³-hybridized carbons (Fsp3) is 0.292. The van der Waals surface area contributed by atoms with Crippen molar-refractivity contribution in [1.82, 2.24) is 9.88 Å². The van der Waals surface area contributed by atoms with E-state index in [0.29, 0.717) is 6.54 Å². The van der Waals surface area contributed by atoms with Crippen molar-refractivity contribution in [2.24, 2.45) is 0 Å². The Hall–Kier alpha value is -2.85. The van der Waals surface area contributed by atoms with Gasteiger partial charge in [-0.05, 0) is 69.6 Å². The predicted octanol–water partition coefficient (Wildman–Crippen LogP) is 4.43. The summed E-state index contributed by atoms with van der Waals surface area (Å²) in [7, 11) is 1.67. The molecule has 0 amide bonds. The Labute approximate surface area is 167 Å². The minimum absolute atomic E-state index is 0.122. The van der Waals surface area contributed by atoms with Gasteiger partial charge >= 0.3 is 0 Å². The van der Waals surface area contributed by atoms with E-state index in [0.717, 1.165) is 41.4 Å². The molecule has 2 aromatic carbocycles. The number of aromatic nitrogens is 1. The Morgan fingerprint density at radius 1 is 1.04 bits per heavy atom. The lowest BCUT2D eigenvalue weighted by Crippen LogP contribution is -2.25. The van der Waals surface area contributed by atoms with Crippen molar-refractivity contribution in [1.29, 1.82) is 0 Å². The molecule has 0 fully saturated rings. The fourth-order valence-electron chi connectivity index (χ4n) is 3.49. The van der Waals surface area contributed by atoms with Gasteiger partial charge in [0.2, 0.25) is 0 Å². The van der Waals surface area contributed by atoms with Crippen molar-refractivity contribution in [3.8, 4) is 11.4 Å². The van der Waals surface area contributed by atoms with Crippen LogP contribution in [0.15, 0.2) is 54.6 Å². The van der Waals surface area contributed by atoms with Gasteiger partial charge in [0.1, 0.15) is 5.75 Å². The highest BCUT2D eigenvalue weighted by atomic mass is 16.5. The van der Waals surface area contributed by atoms with Gasteiger partial charge in [-0.15, -0.1) is 0 Å². The van der Waals surface area contributed by atoms with E-state index in [1.54, 1.807) is 7.11 Å². The first-order valence-corrected chi connectivity index (χ1v) is 9.62. The highest BCUT2D eigenvalue weighted by Gasteiger charge is 2.16. The SMILES string of the molecule is COc1cccc(CCNCC(=O)c2cc(C)n(-c3ccc(C)cc3)c2C)c1. The van der Waals surface area contributed by atoms with Gasteiger partial charge in [0.05, 0.1) is 13.7 Å². The number of ketones is 1. The summed E-state index contributed by atoms with van der Waals surface area (Å²) >= 11 is 0. The second kappa shape index (κ2) is 8.89. The number of ether oxygens (including phenoxy) is 1. The molecule has 0 radical (unpaired) electrons. The van der Waals surface area contributed by atoms with E-state index < -0.39 is 0 Å². The molecule has 1 N–H and O–H groups in total. The molecule has 0 bridgehead atoms. The number of carbonyl (C=O) groups excluding carboxylic acids is 1. The molecular weight excluding hydrogens is 348 g/mol. The smallest absolute Gasteiger partial charge is 0.178 e. The van der Waals surface area contributed by atoms with Gasteiger partial charge in [-0.2, -0.15) is 0 Å². The zero-order valence-corrected chi connectivity index (χ0v) is 17.1. The summed E-state index contributed by atoms with van der Waals surface area (Å²) in [5.74, 6) is 0.981. The van der Waals surface area contributed by atoms with Crippen LogP contribution in [0.2, 0.25) is 0 Å². The lowest BCUT2D eigenvalue weighted by Gasteiger charge is -2.10. The highest BCUT2D eigenvalue weighted by Crippen LogP contribution is 2.21. The zero-order valence-electron chi connectivity index (χ0n) is 17.1. The van der Waals surface area contributed by atoms with Crippen molar-refractivity contribution in [2.45, 2.75) is 27.2 Å². The Balaban J connectivity index is 1.61. The van der Waals surface area contributed by atoms with Crippen molar-refractivity contribution in [3.63, 3.8) is 0 Å². The summed E-state index contributed by atoms with van der Waals surface area (Å²) in [6.45, 7) is 7.21. The van der Waals surface area contributed by atoms with E-state index >= 15 is 0 Å². The molecular formula is C24H28N2O2. The van der Waals surface area contributed by atoms with Gasteiger partial charge in [-0.3, -0.25) is 4.79 Å². The van der Waals surface area contributed by atoms with Crippen molar-refractivity contribution >= 4 is 5.78 Å². The van der Waals surface area contributed by atoms with Gasteiger partial charge < -0.3 is 14.6 Å². The van der Waals surface area contributed by atoms with E-state index in [1.807, 2.05) is 38.1 Å². The number of methoxy groups -OCH3 is 1. The molecule has 4 nitrogen and oxygen atoms in total. The van der Waals surface area contributed by atoms with Gasteiger partial charge in [0.25, 0.3) is 0 Å². The quantitative estimate of drug-likeness (QED) is 0.467. The number of rotatable bonds is 8. The van der Waals surface area contributed by atoms with Gasteiger partial charge in [-0.25, -0.2) is 0 Å². The number of Topliss-reactive ketones (excluding diaryl/α,β-unsaturated/α-hetero) is 1. The first-order chi connectivity index (χ1) is 13.5. The molecule has 1 heterocycles. The van der Waals surface area contributed by atoms with E-state index in [2.05, 4.69) is 47.1 Å². The van der Waals surface area contributed by atoms with Crippen LogP contribution in [-0.4, -0.2) is 30.5 Å². The topological polar surface area (TPSA) is 43.3 Å². The average Bonchev–Trinajstić information content (AvgIpc) is 3.00. The largest absolute Gasteiger partial charge is 0.497 e. The molecule has 0 aliphatic heterocycles. The van der Waals surface area contributed by atoms with Gasteiger partial charge in [-0.1, -0.05) is 29.8 Å². The molecule has 0 saturated heterocycles. The van der Waals surface area contributed by atoms with Crippen LogP contribution in [0.3, 0.4) is 0 Å². The van der Waals surface area contributed by atoms with Crippen LogP contribution in [0.1, 0.15) is 32.9 Å². The minimum Gasteiger partial charge on any atom is -0.497 e. The molecule has 3 rings (SSSR count). The number of nitrogens with one attached hydrogen (secondary N) is 1. The van der Waals surface area contributed by atoms with Crippen LogP contribution in [0.25, 0.3) is 5.69 Å². The van der Waals surface area contributed by atoms with Crippen LogP contribution in [0, 0.1) is 20.8 Å². The van der Waals surface area contributed by atoms with E-state index in [4.69, 9.17) is 4.74 Å². The van der Waals surface area contributed by atoms with E-state index in [1.165, 1.54) is 11.1 Å². The Bertz CT molecular complexity index is 955. The monoisotopic (exact) mass is 376 g/mol. The molecule has 0 saturated carbocycles. The summed E-state index contributed by atoms with van der Waals surface area (Å²) in [6.07, 6.45) is 0.854. The predicted molar refractivity (Wildman–Crippen MR) is 114 cm³/mol. The van der Waals surface area contributed by atoms with Crippen LogP contribution in [0.5, 0.6) is 5.75 Å². The third-order valence-electron chi connectivity index (χ3n) is 5.03. The lowest BCUT2D eigenvalue weighted by molar-refractivity contribution is 0.0991. The van der Waals surface area contributed by atoms with Crippen LogP contribution >= 0.6 is 0 Å². The zero-order chi connectivity index (χ0) is 20.1.